The van der Waals surface area contributed by atoms with Crippen LogP contribution in [0.5, 0.6) is 5.75 Å². The molecule has 1 aromatic carbocycles. The van der Waals surface area contributed by atoms with Crippen molar-refractivity contribution in [1.82, 2.24) is 14.8 Å². The predicted molar refractivity (Wildman–Crippen MR) is 102 cm³/mol. The Hall–Kier alpha value is -1.64. The zero-order valence-corrected chi connectivity index (χ0v) is 15.8. The Morgan fingerprint density at radius 3 is 3.04 bits per heavy atom. The summed E-state index contributed by atoms with van der Waals surface area (Å²) in [5, 5.41) is 11.3. The first kappa shape index (κ1) is 18.2. The van der Waals surface area contributed by atoms with Crippen LogP contribution in [0.15, 0.2) is 18.2 Å². The Labute approximate surface area is 152 Å². The van der Waals surface area contributed by atoms with Gasteiger partial charge in [0.25, 0.3) is 0 Å². The molecule has 25 heavy (non-hydrogen) atoms. The number of nitrogens with zero attached hydrogens (tertiary/aromatic N) is 3. The van der Waals surface area contributed by atoms with Gasteiger partial charge in [-0.3, -0.25) is 9.69 Å². The van der Waals surface area contributed by atoms with Crippen LogP contribution in [-0.2, 0) is 0 Å². The maximum absolute atomic E-state index is 11.5. The van der Waals surface area contributed by atoms with Crippen LogP contribution >= 0.6 is 11.3 Å². The van der Waals surface area contributed by atoms with Crippen molar-refractivity contribution >= 4 is 35.2 Å². The number of carbonyl (C=O) groups excluding carboxylic acids is 1. The average molecular weight is 361 g/mol. The molecule has 0 bridgehead atoms. The lowest BCUT2D eigenvalue weighted by Crippen LogP contribution is -2.55. The van der Waals surface area contributed by atoms with Gasteiger partial charge in [0, 0.05) is 38.3 Å². The first-order valence-corrected chi connectivity index (χ1v) is 9.41. The lowest BCUT2D eigenvalue weighted by Gasteiger charge is -2.40. The van der Waals surface area contributed by atoms with Gasteiger partial charge in [0.05, 0.1) is 15.2 Å². The number of benzene rings is 1. The molecule has 0 radical (unpaired) electrons. The van der Waals surface area contributed by atoms with E-state index in [2.05, 4.69) is 16.8 Å². The number of piperazine rings is 1. The van der Waals surface area contributed by atoms with Gasteiger partial charge >= 0.3 is 0 Å². The van der Waals surface area contributed by atoms with Gasteiger partial charge in [0.2, 0.25) is 7.85 Å². The van der Waals surface area contributed by atoms with Crippen molar-refractivity contribution in [3.05, 3.63) is 23.2 Å². The summed E-state index contributed by atoms with van der Waals surface area (Å²) in [4.78, 5) is 20.0. The zero-order valence-electron chi connectivity index (χ0n) is 14.9. The number of amides is 1. The molecule has 1 aromatic heterocycles. The number of fused-ring (bicyclic) bond motifs is 1. The summed E-state index contributed by atoms with van der Waals surface area (Å²) in [6.45, 7) is 7.07. The summed E-state index contributed by atoms with van der Waals surface area (Å²) in [7, 11) is 1.60. The quantitative estimate of drug-likeness (QED) is 0.808. The third kappa shape index (κ3) is 4.51. The van der Waals surface area contributed by atoms with Crippen molar-refractivity contribution in [2.24, 2.45) is 0 Å². The van der Waals surface area contributed by atoms with Crippen LogP contribution < -0.4 is 4.74 Å². The highest BCUT2D eigenvalue weighted by Crippen LogP contribution is 2.25. The molecule has 1 N–H and O–H groups in total. The average Bonchev–Trinajstić information content (AvgIpc) is 2.94. The largest absolute Gasteiger partial charge is 0.491 e. The summed E-state index contributed by atoms with van der Waals surface area (Å²) in [6.07, 6.45) is -0.570. The highest BCUT2D eigenvalue weighted by atomic mass is 32.1. The second kappa shape index (κ2) is 7.72. The van der Waals surface area contributed by atoms with Crippen LogP contribution in [0.1, 0.15) is 11.9 Å². The first-order valence-electron chi connectivity index (χ1n) is 8.60. The van der Waals surface area contributed by atoms with Crippen molar-refractivity contribution in [1.29, 1.82) is 0 Å². The first-order chi connectivity index (χ1) is 11.9. The van der Waals surface area contributed by atoms with Gasteiger partial charge in [-0.05, 0) is 26.0 Å². The molecule has 0 unspecified atom stereocenters. The van der Waals surface area contributed by atoms with E-state index in [4.69, 9.17) is 4.74 Å². The number of aliphatic hydroxyl groups excluding tert-OH is 1. The van der Waals surface area contributed by atoms with E-state index in [0.29, 0.717) is 19.6 Å². The lowest BCUT2D eigenvalue weighted by atomic mass is 10.1. The van der Waals surface area contributed by atoms with E-state index in [0.717, 1.165) is 27.5 Å². The van der Waals surface area contributed by atoms with E-state index >= 15 is 0 Å². The molecule has 1 aliphatic heterocycles. The van der Waals surface area contributed by atoms with E-state index in [1.807, 2.05) is 30.0 Å². The van der Waals surface area contributed by atoms with E-state index in [-0.39, 0.29) is 18.5 Å². The third-order valence-electron chi connectivity index (χ3n) is 4.56. The molecular formula is C17H24BN3O3S. The molecule has 1 fully saturated rings. The Bertz CT molecular complexity index is 754. The Morgan fingerprint density at radius 2 is 2.32 bits per heavy atom. The molecule has 2 atom stereocenters. The zero-order chi connectivity index (χ0) is 18.0. The number of ether oxygens (including phenoxy) is 1. The molecule has 1 amide bonds. The van der Waals surface area contributed by atoms with Gasteiger partial charge in [0.1, 0.15) is 18.5 Å². The number of β-amino-alcohol motifs (C(OH)–C–C–N with tert-alkyl or cyclic N) is 1. The molecule has 3 rings (SSSR count). The Kier molecular flexibility index (Phi) is 5.61. The smallest absolute Gasteiger partial charge is 0.215 e. The number of aryl methyl sites for hydroxylation is 1. The second-order valence-electron chi connectivity index (χ2n) is 6.64. The normalized spacial score (nSPS) is 20.0. The summed E-state index contributed by atoms with van der Waals surface area (Å²) in [5.74, 6) is 0.842. The number of aromatic nitrogens is 1. The van der Waals surface area contributed by atoms with Crippen LogP contribution in [0.4, 0.5) is 4.79 Å². The van der Waals surface area contributed by atoms with Gasteiger partial charge in [-0.1, -0.05) is 0 Å². The summed E-state index contributed by atoms with van der Waals surface area (Å²) < 4.78 is 6.89. The molecule has 8 heteroatoms. The number of thiazole rings is 1. The standard InChI is InChI=1S/C17H24BN3O3S/c1-11-8-21(17(18)23)6-5-20(11)9-13(22)10-24-14-3-4-16-15(7-14)19-12(2)25-16/h3-4,7,11,13,22H,5-6,8-10,18H2,1-2H3/t11-,13+/m0/s1. The maximum atomic E-state index is 11.5. The number of carbonyl (C=O) groups is 1. The minimum absolute atomic E-state index is 0.114. The summed E-state index contributed by atoms with van der Waals surface area (Å²) in [6, 6.07) is 6.08. The Morgan fingerprint density at radius 1 is 1.52 bits per heavy atom. The fourth-order valence-corrected chi connectivity index (χ4v) is 3.99. The van der Waals surface area contributed by atoms with Gasteiger partial charge in [-0.15, -0.1) is 11.3 Å². The van der Waals surface area contributed by atoms with Crippen LogP contribution in [0.3, 0.4) is 0 Å². The van der Waals surface area contributed by atoms with Crippen molar-refractivity contribution in [2.75, 3.05) is 32.8 Å². The third-order valence-corrected chi connectivity index (χ3v) is 5.52. The monoisotopic (exact) mass is 361 g/mol. The molecule has 6 nitrogen and oxygen atoms in total. The van der Waals surface area contributed by atoms with Gasteiger partial charge < -0.3 is 14.7 Å². The molecule has 2 aromatic rings. The van der Waals surface area contributed by atoms with Crippen molar-refractivity contribution in [3.8, 4) is 5.75 Å². The predicted octanol–water partition coefficient (Wildman–Crippen LogP) is 1.10. The topological polar surface area (TPSA) is 65.9 Å². The fourth-order valence-electron chi connectivity index (χ4n) is 3.18. The van der Waals surface area contributed by atoms with E-state index in [1.165, 1.54) is 0 Å². The second-order valence-corrected chi connectivity index (χ2v) is 7.87. The van der Waals surface area contributed by atoms with Crippen molar-refractivity contribution < 1.29 is 14.6 Å². The molecule has 1 aliphatic rings. The van der Waals surface area contributed by atoms with Crippen molar-refractivity contribution in [3.63, 3.8) is 0 Å². The van der Waals surface area contributed by atoms with E-state index in [9.17, 15) is 9.90 Å². The fraction of sp³-hybridized carbons (Fsp3) is 0.529. The van der Waals surface area contributed by atoms with Crippen LogP contribution in [-0.4, -0.2) is 78.5 Å². The van der Waals surface area contributed by atoms with E-state index < -0.39 is 6.10 Å². The van der Waals surface area contributed by atoms with Crippen LogP contribution in [0.25, 0.3) is 10.2 Å². The molecule has 0 saturated carbocycles. The minimum Gasteiger partial charge on any atom is -0.491 e. The van der Waals surface area contributed by atoms with E-state index in [1.54, 1.807) is 19.2 Å². The molecule has 134 valence electrons. The number of hydrogen-bond donors (Lipinski definition) is 1. The number of rotatable bonds is 5. The number of aliphatic hydroxyl groups is 1. The molecule has 1 saturated heterocycles. The van der Waals surface area contributed by atoms with Gasteiger partial charge in [-0.25, -0.2) is 4.98 Å². The van der Waals surface area contributed by atoms with Crippen LogP contribution in [0.2, 0.25) is 0 Å². The Balaban J connectivity index is 1.50. The van der Waals surface area contributed by atoms with Gasteiger partial charge in [0.15, 0.2) is 5.81 Å². The lowest BCUT2D eigenvalue weighted by molar-refractivity contribution is 0.0316. The van der Waals surface area contributed by atoms with Crippen LogP contribution in [0, 0.1) is 6.92 Å². The molecule has 2 heterocycles. The maximum Gasteiger partial charge on any atom is 0.215 e. The number of hydrogen-bond acceptors (Lipinski definition) is 6. The van der Waals surface area contributed by atoms with Crippen molar-refractivity contribution in [2.45, 2.75) is 26.0 Å². The minimum atomic E-state index is -0.570. The highest BCUT2D eigenvalue weighted by Gasteiger charge is 2.26. The summed E-state index contributed by atoms with van der Waals surface area (Å²) >= 11 is 1.66. The van der Waals surface area contributed by atoms with Gasteiger partial charge in [-0.2, -0.15) is 0 Å². The highest BCUT2D eigenvalue weighted by molar-refractivity contribution is 7.18. The molecule has 0 aliphatic carbocycles. The molecule has 0 spiro atoms. The molecular weight excluding hydrogens is 337 g/mol. The summed E-state index contributed by atoms with van der Waals surface area (Å²) in [5.41, 5.74) is 0.934. The SMILES string of the molecule is BC(=O)N1CCN(C[C@@H](O)COc2ccc3sc(C)nc3c2)[C@@H](C)C1.